The molecule has 3 atom stereocenters. The molecule has 2 heteroatoms. The third kappa shape index (κ3) is 3.17. The minimum atomic E-state index is 0.272. The van der Waals surface area contributed by atoms with Gasteiger partial charge in [-0.2, -0.15) is 0 Å². The molecule has 0 amide bonds. The van der Waals surface area contributed by atoms with Crippen molar-refractivity contribution in [3.8, 4) is 0 Å². The first-order chi connectivity index (χ1) is 10.3. The van der Waals surface area contributed by atoms with Crippen LogP contribution in [0.2, 0.25) is 0 Å². The van der Waals surface area contributed by atoms with Gasteiger partial charge in [0.15, 0.2) is 0 Å². The molecule has 3 rings (SSSR count). The van der Waals surface area contributed by atoms with Crippen molar-refractivity contribution in [2.75, 3.05) is 6.61 Å². The molecule has 110 valence electrons. The maximum Gasteiger partial charge on any atom is 0.0700 e. The highest BCUT2D eigenvalue weighted by molar-refractivity contribution is 5.21. The molecule has 0 aliphatic carbocycles. The summed E-state index contributed by atoms with van der Waals surface area (Å²) in [4.78, 5) is 2.57. The van der Waals surface area contributed by atoms with E-state index in [-0.39, 0.29) is 6.10 Å². The molecule has 0 N–H and O–H groups in total. The van der Waals surface area contributed by atoms with Crippen LogP contribution in [0.1, 0.15) is 31.0 Å². The van der Waals surface area contributed by atoms with Crippen LogP contribution in [-0.4, -0.2) is 23.7 Å². The SMILES string of the molecule is C[C@H]1OC[C@H](c2ccccc2)N(Cc2ccccc2)[C@H]1C. The van der Waals surface area contributed by atoms with Crippen molar-refractivity contribution in [3.05, 3.63) is 71.8 Å². The second-order valence-corrected chi connectivity index (χ2v) is 5.86. The summed E-state index contributed by atoms with van der Waals surface area (Å²) >= 11 is 0. The summed E-state index contributed by atoms with van der Waals surface area (Å²) in [7, 11) is 0. The van der Waals surface area contributed by atoms with Gasteiger partial charge in [-0.1, -0.05) is 60.7 Å². The van der Waals surface area contributed by atoms with Crippen LogP contribution in [0.5, 0.6) is 0 Å². The Bertz CT molecular complexity index is 554. The first-order valence-electron chi connectivity index (χ1n) is 7.72. The topological polar surface area (TPSA) is 12.5 Å². The van der Waals surface area contributed by atoms with Crippen molar-refractivity contribution in [1.29, 1.82) is 0 Å². The highest BCUT2D eigenvalue weighted by atomic mass is 16.5. The average molecular weight is 281 g/mol. The van der Waals surface area contributed by atoms with E-state index >= 15 is 0 Å². The zero-order chi connectivity index (χ0) is 14.7. The number of benzene rings is 2. The lowest BCUT2D eigenvalue weighted by Crippen LogP contribution is -2.49. The first kappa shape index (κ1) is 14.3. The van der Waals surface area contributed by atoms with Crippen LogP contribution in [0, 0.1) is 0 Å². The number of hydrogen-bond acceptors (Lipinski definition) is 2. The quantitative estimate of drug-likeness (QED) is 0.842. The van der Waals surface area contributed by atoms with E-state index in [1.54, 1.807) is 0 Å². The Kier molecular flexibility index (Phi) is 4.37. The van der Waals surface area contributed by atoms with E-state index in [4.69, 9.17) is 4.74 Å². The van der Waals surface area contributed by atoms with Crippen LogP contribution in [-0.2, 0) is 11.3 Å². The van der Waals surface area contributed by atoms with Gasteiger partial charge in [0.05, 0.1) is 18.8 Å². The molecule has 0 bridgehead atoms. The van der Waals surface area contributed by atoms with Gasteiger partial charge in [-0.15, -0.1) is 0 Å². The van der Waals surface area contributed by atoms with Crippen LogP contribution in [0.3, 0.4) is 0 Å². The predicted octanol–water partition coefficient (Wildman–Crippen LogP) is 4.04. The Labute approximate surface area is 127 Å². The summed E-state index contributed by atoms with van der Waals surface area (Å²) < 4.78 is 5.98. The molecule has 2 aromatic rings. The second kappa shape index (κ2) is 6.42. The van der Waals surface area contributed by atoms with Crippen molar-refractivity contribution < 1.29 is 4.74 Å². The molecule has 1 aliphatic rings. The molecule has 1 fully saturated rings. The number of nitrogens with zero attached hydrogens (tertiary/aromatic N) is 1. The molecule has 21 heavy (non-hydrogen) atoms. The Morgan fingerprint density at radius 1 is 0.952 bits per heavy atom. The van der Waals surface area contributed by atoms with Crippen LogP contribution in [0.25, 0.3) is 0 Å². The predicted molar refractivity (Wildman–Crippen MR) is 86.0 cm³/mol. The largest absolute Gasteiger partial charge is 0.375 e. The van der Waals surface area contributed by atoms with Gasteiger partial charge in [0.1, 0.15) is 0 Å². The summed E-state index contributed by atoms with van der Waals surface area (Å²) in [6.07, 6.45) is 0.272. The standard InChI is InChI=1S/C19H23NO/c1-15-16(2)21-14-19(18-11-7-4-8-12-18)20(15)13-17-9-5-3-6-10-17/h3-12,15-16,19H,13-14H2,1-2H3/t15-,16+,19+/m0/s1. The Morgan fingerprint density at radius 2 is 1.57 bits per heavy atom. The third-order valence-electron chi connectivity index (χ3n) is 4.51. The molecule has 1 saturated heterocycles. The highest BCUT2D eigenvalue weighted by Gasteiger charge is 2.33. The van der Waals surface area contributed by atoms with E-state index in [0.29, 0.717) is 12.1 Å². The molecular weight excluding hydrogens is 258 g/mol. The van der Waals surface area contributed by atoms with E-state index < -0.39 is 0 Å². The van der Waals surface area contributed by atoms with Crippen molar-refractivity contribution in [2.45, 2.75) is 38.6 Å². The molecule has 0 radical (unpaired) electrons. The molecule has 0 aromatic heterocycles. The Morgan fingerprint density at radius 3 is 2.24 bits per heavy atom. The Hall–Kier alpha value is -1.64. The molecule has 2 aromatic carbocycles. The lowest BCUT2D eigenvalue weighted by Gasteiger charge is -2.44. The van der Waals surface area contributed by atoms with Crippen LogP contribution >= 0.6 is 0 Å². The molecule has 0 unspecified atom stereocenters. The fourth-order valence-electron chi connectivity index (χ4n) is 3.04. The molecule has 1 aliphatic heterocycles. The third-order valence-corrected chi connectivity index (χ3v) is 4.51. The van der Waals surface area contributed by atoms with Crippen molar-refractivity contribution >= 4 is 0 Å². The molecule has 0 saturated carbocycles. The monoisotopic (exact) mass is 281 g/mol. The summed E-state index contributed by atoms with van der Waals surface area (Å²) in [6, 6.07) is 22.1. The lowest BCUT2D eigenvalue weighted by molar-refractivity contribution is -0.0955. The van der Waals surface area contributed by atoms with Gasteiger partial charge >= 0.3 is 0 Å². The fourth-order valence-corrected chi connectivity index (χ4v) is 3.04. The van der Waals surface area contributed by atoms with Crippen LogP contribution < -0.4 is 0 Å². The maximum absolute atomic E-state index is 5.98. The number of morpholine rings is 1. The molecule has 0 spiro atoms. The van der Waals surface area contributed by atoms with E-state index in [9.17, 15) is 0 Å². The van der Waals surface area contributed by atoms with Gasteiger partial charge in [0, 0.05) is 12.6 Å². The van der Waals surface area contributed by atoms with E-state index in [0.717, 1.165) is 13.2 Å². The number of rotatable bonds is 3. The van der Waals surface area contributed by atoms with Crippen molar-refractivity contribution in [2.24, 2.45) is 0 Å². The van der Waals surface area contributed by atoms with Gasteiger partial charge in [-0.25, -0.2) is 0 Å². The molecular formula is C19H23NO. The minimum absolute atomic E-state index is 0.272. The van der Waals surface area contributed by atoms with E-state index in [1.807, 2.05) is 0 Å². The van der Waals surface area contributed by atoms with Gasteiger partial charge in [-0.05, 0) is 25.0 Å². The van der Waals surface area contributed by atoms with Gasteiger partial charge in [0.2, 0.25) is 0 Å². The fraction of sp³-hybridized carbons (Fsp3) is 0.368. The summed E-state index contributed by atoms with van der Waals surface area (Å²) in [5, 5.41) is 0. The lowest BCUT2D eigenvalue weighted by atomic mass is 9.99. The first-order valence-corrected chi connectivity index (χ1v) is 7.72. The summed E-state index contributed by atoms with van der Waals surface area (Å²) in [5.74, 6) is 0. The number of hydrogen-bond donors (Lipinski definition) is 0. The summed E-state index contributed by atoms with van der Waals surface area (Å²) in [6.45, 7) is 6.17. The van der Waals surface area contributed by atoms with Crippen LogP contribution in [0.4, 0.5) is 0 Å². The van der Waals surface area contributed by atoms with Gasteiger partial charge in [-0.3, -0.25) is 4.90 Å². The highest BCUT2D eigenvalue weighted by Crippen LogP contribution is 2.31. The molecule has 2 nitrogen and oxygen atoms in total. The maximum atomic E-state index is 5.98. The normalized spacial score (nSPS) is 26.7. The van der Waals surface area contributed by atoms with E-state index in [1.165, 1.54) is 11.1 Å². The van der Waals surface area contributed by atoms with E-state index in [2.05, 4.69) is 79.4 Å². The smallest absolute Gasteiger partial charge is 0.0700 e. The zero-order valence-corrected chi connectivity index (χ0v) is 12.8. The van der Waals surface area contributed by atoms with Crippen molar-refractivity contribution in [1.82, 2.24) is 4.90 Å². The zero-order valence-electron chi connectivity index (χ0n) is 12.8. The average Bonchev–Trinajstić information content (AvgIpc) is 2.54. The van der Waals surface area contributed by atoms with Gasteiger partial charge < -0.3 is 4.74 Å². The Balaban J connectivity index is 1.87. The number of ether oxygens (including phenoxy) is 1. The summed E-state index contributed by atoms with van der Waals surface area (Å²) in [5.41, 5.74) is 2.70. The van der Waals surface area contributed by atoms with Gasteiger partial charge in [0.25, 0.3) is 0 Å². The second-order valence-electron chi connectivity index (χ2n) is 5.86. The minimum Gasteiger partial charge on any atom is -0.375 e. The molecule has 1 heterocycles. The van der Waals surface area contributed by atoms with Crippen molar-refractivity contribution in [3.63, 3.8) is 0 Å². The van der Waals surface area contributed by atoms with Crippen LogP contribution in [0.15, 0.2) is 60.7 Å².